The lowest BCUT2D eigenvalue weighted by Crippen LogP contribution is -2.23. The SMILES string of the molecule is O=C1/C(=C/c2ccc(OC(F)F)cc2)C(c2ccccc2)Oc2ccccc21. The summed E-state index contributed by atoms with van der Waals surface area (Å²) in [5.74, 6) is 0.483. The Labute approximate surface area is 160 Å². The van der Waals surface area contributed by atoms with Gasteiger partial charge >= 0.3 is 6.61 Å². The number of benzene rings is 3. The molecule has 1 heterocycles. The number of halogens is 2. The number of fused-ring (bicyclic) bond motifs is 1. The van der Waals surface area contributed by atoms with Crippen LogP contribution in [-0.2, 0) is 0 Å². The summed E-state index contributed by atoms with van der Waals surface area (Å²) in [4.78, 5) is 13.1. The second-order valence-corrected chi connectivity index (χ2v) is 6.28. The molecule has 5 heteroatoms. The Morgan fingerprint density at radius 1 is 0.893 bits per heavy atom. The van der Waals surface area contributed by atoms with E-state index in [-0.39, 0.29) is 11.5 Å². The highest BCUT2D eigenvalue weighted by atomic mass is 19.3. The lowest BCUT2D eigenvalue weighted by atomic mass is 9.89. The minimum absolute atomic E-state index is 0.0633. The van der Waals surface area contributed by atoms with Crippen molar-refractivity contribution in [2.45, 2.75) is 12.7 Å². The van der Waals surface area contributed by atoms with Gasteiger partial charge in [0.05, 0.1) is 5.56 Å². The Morgan fingerprint density at radius 3 is 2.29 bits per heavy atom. The summed E-state index contributed by atoms with van der Waals surface area (Å²) in [5.41, 5.74) is 2.52. The van der Waals surface area contributed by atoms with Crippen molar-refractivity contribution in [2.75, 3.05) is 0 Å². The molecular formula is C23H16F2O3. The molecule has 0 aliphatic carbocycles. The predicted molar refractivity (Wildman–Crippen MR) is 102 cm³/mol. The third kappa shape index (κ3) is 3.64. The molecule has 140 valence electrons. The average Bonchev–Trinajstić information content (AvgIpc) is 2.71. The van der Waals surface area contributed by atoms with Crippen molar-refractivity contribution in [1.29, 1.82) is 0 Å². The first-order valence-corrected chi connectivity index (χ1v) is 8.73. The molecule has 0 fully saturated rings. The molecule has 1 atom stereocenters. The molecule has 3 aromatic rings. The maximum atomic E-state index is 13.1. The van der Waals surface area contributed by atoms with E-state index in [0.717, 1.165) is 5.56 Å². The summed E-state index contributed by atoms with van der Waals surface area (Å²) in [6.45, 7) is -2.88. The molecule has 4 rings (SSSR count). The van der Waals surface area contributed by atoms with Crippen molar-refractivity contribution in [3.05, 3.63) is 101 Å². The smallest absolute Gasteiger partial charge is 0.387 e. The Bertz CT molecular complexity index is 1010. The lowest BCUT2D eigenvalue weighted by Gasteiger charge is -2.28. The number of hydrogen-bond acceptors (Lipinski definition) is 3. The van der Waals surface area contributed by atoms with Gasteiger partial charge in [0.25, 0.3) is 0 Å². The van der Waals surface area contributed by atoms with Crippen molar-refractivity contribution in [2.24, 2.45) is 0 Å². The van der Waals surface area contributed by atoms with Crippen LogP contribution in [-0.4, -0.2) is 12.4 Å². The first-order chi connectivity index (χ1) is 13.6. The number of ketones is 1. The van der Waals surface area contributed by atoms with Crippen LogP contribution in [0.2, 0.25) is 0 Å². The van der Waals surface area contributed by atoms with Crippen LogP contribution in [0.15, 0.2) is 84.4 Å². The van der Waals surface area contributed by atoms with Crippen LogP contribution in [0.25, 0.3) is 6.08 Å². The molecule has 1 aliphatic heterocycles. The normalized spacial score (nSPS) is 17.3. The van der Waals surface area contributed by atoms with E-state index in [1.165, 1.54) is 12.1 Å². The van der Waals surface area contributed by atoms with Crippen LogP contribution in [0, 0.1) is 0 Å². The number of hydrogen-bond donors (Lipinski definition) is 0. The maximum Gasteiger partial charge on any atom is 0.387 e. The van der Waals surface area contributed by atoms with Gasteiger partial charge in [-0.15, -0.1) is 0 Å². The van der Waals surface area contributed by atoms with E-state index in [2.05, 4.69) is 4.74 Å². The van der Waals surface area contributed by atoms with E-state index in [0.29, 0.717) is 22.4 Å². The van der Waals surface area contributed by atoms with Crippen LogP contribution in [0.5, 0.6) is 11.5 Å². The Morgan fingerprint density at radius 2 is 1.57 bits per heavy atom. The molecule has 0 radical (unpaired) electrons. The summed E-state index contributed by atoms with van der Waals surface area (Å²) in [6, 6.07) is 22.7. The van der Waals surface area contributed by atoms with Gasteiger partial charge in [0.2, 0.25) is 0 Å². The van der Waals surface area contributed by atoms with Crippen LogP contribution in [0.4, 0.5) is 8.78 Å². The molecule has 0 aromatic heterocycles. The maximum absolute atomic E-state index is 13.1. The Balaban J connectivity index is 1.75. The second-order valence-electron chi connectivity index (χ2n) is 6.28. The molecule has 0 saturated carbocycles. The van der Waals surface area contributed by atoms with Gasteiger partial charge in [-0.2, -0.15) is 8.78 Å². The second kappa shape index (κ2) is 7.64. The van der Waals surface area contributed by atoms with E-state index < -0.39 is 12.7 Å². The van der Waals surface area contributed by atoms with Gasteiger partial charge in [0.1, 0.15) is 11.5 Å². The van der Waals surface area contributed by atoms with Gasteiger partial charge in [-0.1, -0.05) is 54.6 Å². The summed E-state index contributed by atoms with van der Waals surface area (Å²) >= 11 is 0. The minimum Gasteiger partial charge on any atom is -0.480 e. The summed E-state index contributed by atoms with van der Waals surface area (Å²) in [5, 5.41) is 0. The topological polar surface area (TPSA) is 35.5 Å². The van der Waals surface area contributed by atoms with Crippen LogP contribution < -0.4 is 9.47 Å². The molecule has 0 bridgehead atoms. The van der Waals surface area contributed by atoms with Gasteiger partial charge in [-0.25, -0.2) is 0 Å². The number of rotatable bonds is 4. The van der Waals surface area contributed by atoms with Crippen molar-refractivity contribution in [1.82, 2.24) is 0 Å². The molecular weight excluding hydrogens is 362 g/mol. The number of Topliss-reactive ketones (excluding diaryl/α,β-unsaturated/α-hetero) is 1. The predicted octanol–water partition coefficient (Wildman–Crippen LogP) is 5.69. The highest BCUT2D eigenvalue weighted by Gasteiger charge is 2.32. The fraction of sp³-hybridized carbons (Fsp3) is 0.0870. The standard InChI is InChI=1S/C23H16F2O3/c24-23(25)27-17-12-10-15(11-13-17)14-19-21(26)18-8-4-5-9-20(18)28-22(19)16-6-2-1-3-7-16/h1-14,22-23H/b19-14-. The van der Waals surface area contributed by atoms with Gasteiger partial charge in [-0.3, -0.25) is 4.79 Å². The number of alkyl halides is 2. The van der Waals surface area contributed by atoms with Crippen LogP contribution in [0.3, 0.4) is 0 Å². The fourth-order valence-corrected chi connectivity index (χ4v) is 3.16. The van der Waals surface area contributed by atoms with Crippen LogP contribution >= 0.6 is 0 Å². The molecule has 0 spiro atoms. The van der Waals surface area contributed by atoms with Crippen molar-refractivity contribution in [3.63, 3.8) is 0 Å². The largest absolute Gasteiger partial charge is 0.480 e. The number of ether oxygens (including phenoxy) is 2. The number of carbonyl (C=O) groups is 1. The quantitative estimate of drug-likeness (QED) is 0.547. The Kier molecular flexibility index (Phi) is 4.89. The zero-order valence-electron chi connectivity index (χ0n) is 14.7. The zero-order chi connectivity index (χ0) is 19.5. The third-order valence-corrected chi connectivity index (χ3v) is 4.45. The monoisotopic (exact) mass is 378 g/mol. The fourth-order valence-electron chi connectivity index (χ4n) is 3.16. The molecule has 0 saturated heterocycles. The van der Waals surface area contributed by atoms with E-state index >= 15 is 0 Å². The molecule has 3 nitrogen and oxygen atoms in total. The summed E-state index contributed by atoms with van der Waals surface area (Å²) in [7, 11) is 0. The molecule has 1 unspecified atom stereocenters. The number of para-hydroxylation sites is 1. The van der Waals surface area contributed by atoms with Crippen molar-refractivity contribution < 1.29 is 23.0 Å². The average molecular weight is 378 g/mol. The highest BCUT2D eigenvalue weighted by molar-refractivity contribution is 6.14. The first kappa shape index (κ1) is 17.9. The molecule has 0 N–H and O–H groups in total. The van der Waals surface area contributed by atoms with Gasteiger partial charge in [0.15, 0.2) is 11.9 Å². The third-order valence-electron chi connectivity index (χ3n) is 4.45. The van der Waals surface area contributed by atoms with Gasteiger partial charge in [-0.05, 0) is 41.5 Å². The van der Waals surface area contributed by atoms with Crippen molar-refractivity contribution >= 4 is 11.9 Å². The van der Waals surface area contributed by atoms with E-state index in [1.807, 2.05) is 36.4 Å². The summed E-state index contributed by atoms with van der Waals surface area (Å²) < 4.78 is 35.2. The minimum atomic E-state index is -2.88. The molecule has 1 aliphatic rings. The van der Waals surface area contributed by atoms with Crippen molar-refractivity contribution in [3.8, 4) is 11.5 Å². The van der Waals surface area contributed by atoms with E-state index in [4.69, 9.17) is 4.74 Å². The van der Waals surface area contributed by atoms with Crippen LogP contribution in [0.1, 0.15) is 27.6 Å². The van der Waals surface area contributed by atoms with Gasteiger partial charge < -0.3 is 9.47 Å². The summed E-state index contributed by atoms with van der Waals surface area (Å²) in [6.07, 6.45) is 1.17. The molecule has 3 aromatic carbocycles. The zero-order valence-corrected chi connectivity index (χ0v) is 14.7. The first-order valence-electron chi connectivity index (χ1n) is 8.73. The highest BCUT2D eigenvalue weighted by Crippen LogP contribution is 2.39. The van der Waals surface area contributed by atoms with E-state index in [9.17, 15) is 13.6 Å². The Hall–Kier alpha value is -3.47. The number of carbonyl (C=O) groups excluding carboxylic acids is 1. The molecule has 28 heavy (non-hydrogen) atoms. The van der Waals surface area contributed by atoms with E-state index in [1.54, 1.807) is 36.4 Å². The molecule has 0 amide bonds. The van der Waals surface area contributed by atoms with Gasteiger partial charge in [0, 0.05) is 5.57 Å². The lowest BCUT2D eigenvalue weighted by molar-refractivity contribution is -0.0498.